The van der Waals surface area contributed by atoms with E-state index in [1.807, 2.05) is 54.2 Å². The summed E-state index contributed by atoms with van der Waals surface area (Å²) in [5.74, 6) is 0.375. The molecule has 6 nitrogen and oxygen atoms in total. The molecule has 0 saturated carbocycles. The molecule has 2 heterocycles. The Morgan fingerprint density at radius 1 is 1.10 bits per heavy atom. The topological polar surface area (TPSA) is 61.4 Å². The summed E-state index contributed by atoms with van der Waals surface area (Å²) >= 11 is 0. The highest BCUT2D eigenvalue weighted by Gasteiger charge is 2.26. The summed E-state index contributed by atoms with van der Waals surface area (Å²) in [5, 5.41) is 3.11. The molecule has 1 aliphatic rings. The molecule has 7 heteroatoms. The van der Waals surface area contributed by atoms with Gasteiger partial charge in [0.1, 0.15) is 5.82 Å². The van der Waals surface area contributed by atoms with Crippen LogP contribution in [0.5, 0.6) is 0 Å². The molecular weight excluding hydrogens is 393 g/mol. The van der Waals surface area contributed by atoms with E-state index < -0.39 is 0 Å². The Kier molecular flexibility index (Phi) is 6.11. The highest BCUT2D eigenvalue weighted by atomic mass is 19.1. The number of hydrogen-bond acceptors (Lipinski definition) is 5. The van der Waals surface area contributed by atoms with E-state index in [1.165, 1.54) is 12.1 Å². The molecule has 160 valence electrons. The van der Waals surface area contributed by atoms with Crippen molar-refractivity contribution >= 4 is 23.2 Å². The fraction of sp³-hybridized carbons (Fsp3) is 0.292. The van der Waals surface area contributed by atoms with E-state index in [0.717, 1.165) is 36.5 Å². The van der Waals surface area contributed by atoms with E-state index in [-0.39, 0.29) is 17.6 Å². The summed E-state index contributed by atoms with van der Waals surface area (Å²) < 4.78 is 13.1. The Morgan fingerprint density at radius 3 is 2.55 bits per heavy atom. The van der Waals surface area contributed by atoms with E-state index in [0.29, 0.717) is 18.1 Å². The third-order valence-electron chi connectivity index (χ3n) is 5.54. The van der Waals surface area contributed by atoms with Gasteiger partial charge in [-0.3, -0.25) is 4.79 Å². The van der Waals surface area contributed by atoms with Gasteiger partial charge in [0, 0.05) is 56.2 Å². The first-order chi connectivity index (χ1) is 15.0. The number of rotatable bonds is 5. The smallest absolute Gasteiger partial charge is 0.253 e. The molecule has 0 radical (unpaired) electrons. The van der Waals surface area contributed by atoms with E-state index in [1.54, 1.807) is 18.3 Å². The van der Waals surface area contributed by atoms with Crippen LogP contribution in [0.15, 0.2) is 60.8 Å². The van der Waals surface area contributed by atoms with Crippen LogP contribution >= 0.6 is 0 Å². The van der Waals surface area contributed by atoms with Crippen molar-refractivity contribution in [2.45, 2.75) is 18.8 Å². The highest BCUT2D eigenvalue weighted by molar-refractivity contribution is 5.94. The molecular formula is C24H26FN5O. The lowest BCUT2D eigenvalue weighted by Gasteiger charge is -2.32. The third-order valence-corrected chi connectivity index (χ3v) is 5.54. The predicted octanol–water partition coefficient (Wildman–Crippen LogP) is 4.45. The van der Waals surface area contributed by atoms with Gasteiger partial charge in [-0.1, -0.05) is 0 Å². The number of carbonyl (C=O) groups excluding carboxylic acids is 1. The molecule has 3 aromatic rings. The van der Waals surface area contributed by atoms with Crippen LogP contribution in [0.3, 0.4) is 0 Å². The zero-order chi connectivity index (χ0) is 21.8. The molecule has 1 amide bonds. The van der Waals surface area contributed by atoms with Gasteiger partial charge in [-0.15, -0.1) is 0 Å². The van der Waals surface area contributed by atoms with Gasteiger partial charge in [-0.2, -0.15) is 0 Å². The van der Waals surface area contributed by atoms with Crippen LogP contribution in [-0.2, 0) is 0 Å². The van der Waals surface area contributed by atoms with Gasteiger partial charge in [0.25, 0.3) is 5.91 Å². The van der Waals surface area contributed by atoms with E-state index >= 15 is 0 Å². The van der Waals surface area contributed by atoms with Crippen LogP contribution in [0.25, 0.3) is 0 Å². The molecule has 2 aromatic carbocycles. The van der Waals surface area contributed by atoms with Crippen molar-refractivity contribution in [2.75, 3.05) is 37.4 Å². The van der Waals surface area contributed by atoms with Gasteiger partial charge < -0.3 is 15.1 Å². The fourth-order valence-electron chi connectivity index (χ4n) is 3.81. The number of hydrogen-bond donors (Lipinski definition) is 1. The average molecular weight is 420 g/mol. The van der Waals surface area contributed by atoms with Crippen molar-refractivity contribution < 1.29 is 9.18 Å². The maximum Gasteiger partial charge on any atom is 0.253 e. The zero-order valence-electron chi connectivity index (χ0n) is 17.8. The summed E-state index contributed by atoms with van der Waals surface area (Å²) in [7, 11) is 3.96. The number of nitrogens with zero attached hydrogens (tertiary/aromatic N) is 4. The summed E-state index contributed by atoms with van der Waals surface area (Å²) in [4.78, 5) is 25.9. The molecule has 4 rings (SSSR count). The summed E-state index contributed by atoms with van der Waals surface area (Å²) in [6, 6.07) is 15.7. The minimum atomic E-state index is -0.288. The molecule has 1 fully saturated rings. The number of halogens is 1. The van der Waals surface area contributed by atoms with Crippen molar-refractivity contribution in [2.24, 2.45) is 0 Å². The molecule has 1 N–H and O–H groups in total. The average Bonchev–Trinajstić information content (AvgIpc) is 2.80. The van der Waals surface area contributed by atoms with Crippen LogP contribution in [0.1, 0.15) is 34.8 Å². The second-order valence-electron chi connectivity index (χ2n) is 7.97. The van der Waals surface area contributed by atoms with Gasteiger partial charge in [-0.05, 0) is 67.4 Å². The molecule has 1 aliphatic heterocycles. The zero-order valence-corrected chi connectivity index (χ0v) is 17.8. The lowest BCUT2D eigenvalue weighted by atomic mass is 9.94. The maximum atomic E-state index is 13.1. The number of amides is 1. The normalized spacial score (nSPS) is 16.1. The quantitative estimate of drug-likeness (QED) is 0.662. The first kappa shape index (κ1) is 20.8. The van der Waals surface area contributed by atoms with Crippen LogP contribution in [0, 0.1) is 5.82 Å². The largest absolute Gasteiger partial charge is 0.378 e. The summed E-state index contributed by atoms with van der Waals surface area (Å²) in [6.45, 7) is 1.37. The SMILES string of the molecule is CN(C)c1ccc(C(=O)N2CCC[C@H](c3ccnc(Nc4ccc(F)cc4)n3)C2)cc1. The Balaban J connectivity index is 1.45. The van der Waals surface area contributed by atoms with Crippen molar-refractivity contribution in [3.05, 3.63) is 77.9 Å². The first-order valence-electron chi connectivity index (χ1n) is 10.4. The molecule has 0 unspecified atom stereocenters. The van der Waals surface area contributed by atoms with E-state index in [4.69, 9.17) is 0 Å². The first-order valence-corrected chi connectivity index (χ1v) is 10.4. The monoisotopic (exact) mass is 419 g/mol. The predicted molar refractivity (Wildman–Crippen MR) is 120 cm³/mol. The van der Waals surface area contributed by atoms with Crippen molar-refractivity contribution in [3.8, 4) is 0 Å². The lowest BCUT2D eigenvalue weighted by molar-refractivity contribution is 0.0706. The van der Waals surface area contributed by atoms with Crippen LogP contribution < -0.4 is 10.2 Å². The molecule has 1 saturated heterocycles. The number of likely N-dealkylation sites (tertiary alicyclic amines) is 1. The van der Waals surface area contributed by atoms with Gasteiger partial charge >= 0.3 is 0 Å². The third kappa shape index (κ3) is 4.99. The second kappa shape index (κ2) is 9.12. The number of carbonyl (C=O) groups is 1. The van der Waals surface area contributed by atoms with Crippen LogP contribution in [0.4, 0.5) is 21.7 Å². The Bertz CT molecular complexity index is 1040. The van der Waals surface area contributed by atoms with Gasteiger partial charge in [0.2, 0.25) is 5.95 Å². The number of benzene rings is 2. The van der Waals surface area contributed by atoms with Crippen molar-refractivity contribution in [1.82, 2.24) is 14.9 Å². The number of nitrogens with one attached hydrogen (secondary N) is 1. The Morgan fingerprint density at radius 2 is 1.84 bits per heavy atom. The van der Waals surface area contributed by atoms with Gasteiger partial charge in [0.15, 0.2) is 0 Å². The summed E-state index contributed by atoms with van der Waals surface area (Å²) in [6.07, 6.45) is 3.61. The standard InChI is InChI=1S/C24H26FN5O/c1-29(2)21-11-5-17(6-12-21)23(31)30-15-3-4-18(16-30)22-13-14-26-24(28-22)27-20-9-7-19(25)8-10-20/h5-14,18H,3-4,15-16H2,1-2H3,(H,26,27,28)/t18-/m0/s1. The Labute approximate surface area is 181 Å². The van der Waals surface area contributed by atoms with Gasteiger partial charge in [0.05, 0.1) is 5.69 Å². The summed E-state index contributed by atoms with van der Waals surface area (Å²) in [5.41, 5.74) is 3.39. The molecule has 1 atom stereocenters. The van der Waals surface area contributed by atoms with Crippen molar-refractivity contribution in [1.29, 1.82) is 0 Å². The minimum Gasteiger partial charge on any atom is -0.378 e. The van der Waals surface area contributed by atoms with Crippen LogP contribution in [0.2, 0.25) is 0 Å². The number of piperidine rings is 1. The lowest BCUT2D eigenvalue weighted by Crippen LogP contribution is -2.39. The van der Waals surface area contributed by atoms with Crippen LogP contribution in [-0.4, -0.2) is 48.0 Å². The molecule has 0 spiro atoms. The van der Waals surface area contributed by atoms with E-state index in [2.05, 4.69) is 15.3 Å². The van der Waals surface area contributed by atoms with Crippen molar-refractivity contribution in [3.63, 3.8) is 0 Å². The van der Waals surface area contributed by atoms with E-state index in [9.17, 15) is 9.18 Å². The minimum absolute atomic E-state index is 0.0497. The fourth-order valence-corrected chi connectivity index (χ4v) is 3.81. The second-order valence-corrected chi connectivity index (χ2v) is 7.97. The number of anilines is 3. The molecule has 31 heavy (non-hydrogen) atoms. The molecule has 0 aliphatic carbocycles. The maximum absolute atomic E-state index is 13.1. The molecule has 0 bridgehead atoms. The Hall–Kier alpha value is -3.48. The number of aromatic nitrogens is 2. The van der Waals surface area contributed by atoms with Gasteiger partial charge in [-0.25, -0.2) is 14.4 Å². The highest BCUT2D eigenvalue weighted by Crippen LogP contribution is 2.27. The molecule has 1 aromatic heterocycles.